The number of hydrogen-bond donors (Lipinski definition) is 0. The Morgan fingerprint density at radius 3 is 1.97 bits per heavy atom. The van der Waals surface area contributed by atoms with Crippen LogP contribution in [-0.4, -0.2) is 5.97 Å². The Balaban J connectivity index is 0.000000170. The van der Waals surface area contributed by atoms with Gasteiger partial charge in [0.05, 0.1) is 5.41 Å². The highest BCUT2D eigenvalue weighted by Gasteiger charge is 2.42. The normalized spacial score (nSPS) is 20.0. The van der Waals surface area contributed by atoms with Gasteiger partial charge >= 0.3 is 5.97 Å². The summed E-state index contributed by atoms with van der Waals surface area (Å²) in [6, 6.07) is 28.2. The zero-order chi connectivity index (χ0) is 26.2. The van der Waals surface area contributed by atoms with Crippen LogP contribution in [0.3, 0.4) is 0 Å². The molecule has 0 spiro atoms. The number of hydrogen-bond acceptors (Lipinski definition) is 2. The van der Waals surface area contributed by atoms with Gasteiger partial charge in [-0.25, -0.2) is 0 Å². The minimum Gasteiger partial charge on any atom is -0.454 e. The molecule has 2 aliphatic carbocycles. The molecule has 2 unspecified atom stereocenters. The van der Waals surface area contributed by atoms with Gasteiger partial charge in [0.15, 0.2) is 0 Å². The van der Waals surface area contributed by atoms with Crippen LogP contribution in [0, 0.1) is 5.41 Å². The lowest BCUT2D eigenvalue weighted by atomic mass is 9.87. The highest BCUT2D eigenvalue weighted by atomic mass is 16.6. The van der Waals surface area contributed by atoms with Gasteiger partial charge in [0.25, 0.3) is 0 Å². The third-order valence-electron chi connectivity index (χ3n) is 9.11. The van der Waals surface area contributed by atoms with Gasteiger partial charge < -0.3 is 4.74 Å². The lowest BCUT2D eigenvalue weighted by molar-refractivity contribution is -0.171. The van der Waals surface area contributed by atoms with Crippen molar-refractivity contribution in [2.45, 2.75) is 84.2 Å². The van der Waals surface area contributed by atoms with Gasteiger partial charge in [0.1, 0.15) is 5.60 Å². The molecule has 0 heterocycles. The van der Waals surface area contributed by atoms with Crippen LogP contribution in [0.1, 0.15) is 95.2 Å². The Labute approximate surface area is 222 Å². The first-order valence-corrected chi connectivity index (χ1v) is 14.0. The summed E-state index contributed by atoms with van der Waals surface area (Å²) >= 11 is 0. The van der Waals surface area contributed by atoms with E-state index in [-0.39, 0.29) is 5.97 Å². The maximum Gasteiger partial charge on any atom is 0.312 e. The fourth-order valence-corrected chi connectivity index (χ4v) is 6.03. The summed E-state index contributed by atoms with van der Waals surface area (Å²) in [6.07, 6.45) is 4.88. The van der Waals surface area contributed by atoms with Crippen molar-refractivity contribution in [3.05, 3.63) is 95.6 Å². The molecule has 1 saturated carbocycles. The summed E-state index contributed by atoms with van der Waals surface area (Å²) < 4.78 is 6.15. The second kappa shape index (κ2) is 9.97. The fourth-order valence-electron chi connectivity index (χ4n) is 6.03. The van der Waals surface area contributed by atoms with E-state index in [1.54, 1.807) is 0 Å². The second-order valence-corrected chi connectivity index (χ2v) is 11.8. The molecule has 2 heteroatoms. The van der Waals surface area contributed by atoms with Crippen LogP contribution in [0.25, 0.3) is 21.5 Å². The molecule has 0 bridgehead atoms. The Morgan fingerprint density at radius 1 is 0.811 bits per heavy atom. The predicted octanol–water partition coefficient (Wildman–Crippen LogP) is 9.65. The van der Waals surface area contributed by atoms with Gasteiger partial charge in [-0.1, -0.05) is 93.6 Å². The van der Waals surface area contributed by atoms with E-state index in [9.17, 15) is 4.79 Å². The number of carbonyl (C=O) groups excluding carboxylic acids is 1. The minimum absolute atomic E-state index is 0.0740. The van der Waals surface area contributed by atoms with Crippen molar-refractivity contribution in [1.82, 2.24) is 0 Å². The van der Waals surface area contributed by atoms with Crippen molar-refractivity contribution in [3.8, 4) is 0 Å². The first kappa shape index (κ1) is 25.5. The minimum atomic E-state index is -0.437. The van der Waals surface area contributed by atoms with Crippen LogP contribution >= 0.6 is 0 Å². The zero-order valence-corrected chi connectivity index (χ0v) is 23.0. The molecule has 0 radical (unpaired) electrons. The average Bonchev–Trinajstić information content (AvgIpc) is 3.50. The van der Waals surface area contributed by atoms with E-state index in [1.165, 1.54) is 32.7 Å². The van der Waals surface area contributed by atoms with E-state index < -0.39 is 11.0 Å². The standard InChI is InChI=1S/C21H26O2.C14H14/c1-4-20(2,3)19(22)23-21(13-7-8-14-21)18-12-11-16-9-5-6-10-17(16)15-18;1-9-10(2)13-8-4-6-11-5-3-7-12(9)14(11)13/h5-6,9-12,15H,4,7-8,13-14H2,1-3H3;3-10H,1-2H3. The first-order valence-electron chi connectivity index (χ1n) is 14.0. The van der Waals surface area contributed by atoms with Gasteiger partial charge in [0.2, 0.25) is 0 Å². The molecule has 0 N–H and O–H groups in total. The number of fused-ring (bicyclic) bond motifs is 1. The molecule has 2 atom stereocenters. The Bertz CT molecular complexity index is 1380. The monoisotopic (exact) mass is 492 g/mol. The van der Waals surface area contributed by atoms with E-state index in [0.717, 1.165) is 37.7 Å². The van der Waals surface area contributed by atoms with Gasteiger partial charge in [-0.05, 0) is 102 Å². The molecule has 0 aromatic heterocycles. The number of benzene rings is 4. The summed E-state index contributed by atoms with van der Waals surface area (Å²) in [5, 5.41) is 5.35. The van der Waals surface area contributed by atoms with E-state index in [4.69, 9.17) is 4.74 Å². The fraction of sp³-hybridized carbons (Fsp3) is 0.400. The molecule has 2 aliphatic rings. The van der Waals surface area contributed by atoms with Crippen LogP contribution in [0.2, 0.25) is 0 Å². The van der Waals surface area contributed by atoms with Crippen LogP contribution in [-0.2, 0) is 15.1 Å². The molecule has 4 aromatic rings. The highest BCUT2D eigenvalue weighted by molar-refractivity contribution is 5.92. The van der Waals surface area contributed by atoms with Gasteiger partial charge in [0, 0.05) is 0 Å². The molecule has 4 aromatic carbocycles. The van der Waals surface area contributed by atoms with Crippen molar-refractivity contribution >= 4 is 27.5 Å². The molecular weight excluding hydrogens is 452 g/mol. The predicted molar refractivity (Wildman–Crippen MR) is 155 cm³/mol. The Morgan fingerprint density at radius 2 is 1.38 bits per heavy atom. The van der Waals surface area contributed by atoms with Crippen molar-refractivity contribution < 1.29 is 9.53 Å². The van der Waals surface area contributed by atoms with Crippen molar-refractivity contribution in [2.75, 3.05) is 0 Å². The van der Waals surface area contributed by atoms with Gasteiger partial charge in [-0.3, -0.25) is 4.79 Å². The number of rotatable bonds is 4. The summed E-state index contributed by atoms with van der Waals surface area (Å²) in [5.41, 5.74) is 3.35. The third-order valence-corrected chi connectivity index (χ3v) is 9.11. The highest BCUT2D eigenvalue weighted by Crippen LogP contribution is 2.46. The van der Waals surface area contributed by atoms with Crippen molar-refractivity contribution in [3.63, 3.8) is 0 Å². The quantitative estimate of drug-likeness (QED) is 0.265. The smallest absolute Gasteiger partial charge is 0.312 e. The maximum absolute atomic E-state index is 12.7. The number of ether oxygens (including phenoxy) is 1. The molecular formula is C35H40O2. The molecule has 2 nitrogen and oxygen atoms in total. The largest absolute Gasteiger partial charge is 0.454 e. The second-order valence-electron chi connectivity index (χ2n) is 11.8. The van der Waals surface area contributed by atoms with E-state index >= 15 is 0 Å². The third kappa shape index (κ3) is 4.67. The molecule has 0 aliphatic heterocycles. The SMILES string of the molecule is CC1c2cccc3cccc(c23)C1C.CCC(C)(C)C(=O)OC1(c2ccc3ccccc3c2)CCCC1. The van der Waals surface area contributed by atoms with Gasteiger partial charge in [-0.2, -0.15) is 0 Å². The maximum atomic E-state index is 12.7. The topological polar surface area (TPSA) is 26.3 Å². The first-order chi connectivity index (χ1) is 17.8. The summed E-state index contributed by atoms with van der Waals surface area (Å²) in [6.45, 7) is 10.6. The molecule has 6 rings (SSSR count). The van der Waals surface area contributed by atoms with Crippen LogP contribution in [0.15, 0.2) is 78.9 Å². The molecule has 0 saturated heterocycles. The molecule has 1 fully saturated rings. The van der Waals surface area contributed by atoms with Crippen LogP contribution < -0.4 is 0 Å². The summed E-state index contributed by atoms with van der Waals surface area (Å²) in [4.78, 5) is 12.7. The van der Waals surface area contributed by atoms with E-state index in [2.05, 4.69) is 92.7 Å². The molecule has 37 heavy (non-hydrogen) atoms. The summed E-state index contributed by atoms with van der Waals surface area (Å²) in [5.74, 6) is 1.28. The van der Waals surface area contributed by atoms with Crippen LogP contribution in [0.4, 0.5) is 0 Å². The Kier molecular flexibility index (Phi) is 6.88. The number of esters is 1. The van der Waals surface area contributed by atoms with E-state index in [1.807, 2.05) is 20.8 Å². The van der Waals surface area contributed by atoms with Gasteiger partial charge in [-0.15, -0.1) is 0 Å². The van der Waals surface area contributed by atoms with Crippen LogP contribution in [0.5, 0.6) is 0 Å². The molecule has 0 amide bonds. The molecule has 192 valence electrons. The lowest BCUT2D eigenvalue weighted by Crippen LogP contribution is -2.36. The van der Waals surface area contributed by atoms with Crippen molar-refractivity contribution in [1.29, 1.82) is 0 Å². The average molecular weight is 493 g/mol. The summed E-state index contributed by atoms with van der Waals surface area (Å²) in [7, 11) is 0. The number of carbonyl (C=O) groups is 1. The van der Waals surface area contributed by atoms with E-state index in [0.29, 0.717) is 11.8 Å². The lowest BCUT2D eigenvalue weighted by Gasteiger charge is -2.33. The van der Waals surface area contributed by atoms with Crippen molar-refractivity contribution in [2.24, 2.45) is 5.41 Å². The Hall–Kier alpha value is -3.13. The zero-order valence-electron chi connectivity index (χ0n) is 23.0.